The molecule has 0 aromatic heterocycles. The Morgan fingerprint density at radius 2 is 1.48 bits per heavy atom. The van der Waals surface area contributed by atoms with Crippen molar-refractivity contribution in [1.82, 2.24) is 9.80 Å². The number of carboxylic acid groups (broad SMARTS) is 1. The Morgan fingerprint density at radius 1 is 0.862 bits per heavy atom. The van der Waals surface area contributed by atoms with Crippen molar-refractivity contribution in [3.63, 3.8) is 0 Å². The minimum absolute atomic E-state index is 0.0118. The Bertz CT molecular complexity index is 633. The summed E-state index contributed by atoms with van der Waals surface area (Å²) in [5.41, 5.74) is 20.9. The molecule has 13 heteroatoms. The van der Waals surface area contributed by atoms with E-state index >= 15 is 0 Å². The second-order valence-corrected chi connectivity index (χ2v) is 6.15. The van der Waals surface area contributed by atoms with Crippen molar-refractivity contribution in [3.05, 3.63) is 0 Å². The highest BCUT2D eigenvalue weighted by Crippen LogP contribution is 2.03. The van der Waals surface area contributed by atoms with Crippen LogP contribution in [0.5, 0.6) is 0 Å². The summed E-state index contributed by atoms with van der Waals surface area (Å²) in [7, 11) is 0. The lowest BCUT2D eigenvalue weighted by molar-refractivity contribution is -0.145. The van der Waals surface area contributed by atoms with E-state index in [2.05, 4.69) is 4.99 Å². The largest absolute Gasteiger partial charge is 0.481 e. The van der Waals surface area contributed by atoms with Crippen LogP contribution in [0.25, 0.3) is 0 Å². The summed E-state index contributed by atoms with van der Waals surface area (Å²) in [6.45, 7) is -0.200. The van der Waals surface area contributed by atoms with E-state index in [-0.39, 0.29) is 69.6 Å². The van der Waals surface area contributed by atoms with E-state index in [9.17, 15) is 24.0 Å². The normalized spacial score (nSPS) is 10.1. The first-order valence-electron chi connectivity index (χ1n) is 8.89. The number of ketones is 1. The third-order valence-corrected chi connectivity index (χ3v) is 3.62. The Labute approximate surface area is 168 Å². The van der Waals surface area contributed by atoms with Gasteiger partial charge in [0.2, 0.25) is 17.7 Å². The van der Waals surface area contributed by atoms with Crippen molar-refractivity contribution < 1.29 is 29.1 Å². The van der Waals surface area contributed by atoms with Crippen LogP contribution in [0.15, 0.2) is 4.99 Å². The van der Waals surface area contributed by atoms with Crippen LogP contribution < -0.4 is 22.9 Å². The van der Waals surface area contributed by atoms with Gasteiger partial charge in [0.1, 0.15) is 6.42 Å². The lowest BCUT2D eigenvalue weighted by Gasteiger charge is -2.22. The zero-order chi connectivity index (χ0) is 22.4. The van der Waals surface area contributed by atoms with E-state index < -0.39 is 30.7 Å². The van der Waals surface area contributed by atoms with Gasteiger partial charge in [-0.2, -0.15) is 0 Å². The fourth-order valence-electron chi connectivity index (χ4n) is 2.37. The molecule has 0 saturated carbocycles. The van der Waals surface area contributed by atoms with Gasteiger partial charge in [-0.15, -0.1) is 0 Å². The molecule has 0 radical (unpaired) electrons. The Hall–Kier alpha value is -3.22. The predicted octanol–water partition coefficient (Wildman–Crippen LogP) is -3.42. The van der Waals surface area contributed by atoms with E-state index in [0.29, 0.717) is 0 Å². The first kappa shape index (κ1) is 25.8. The van der Waals surface area contributed by atoms with Crippen LogP contribution in [0.2, 0.25) is 0 Å². The van der Waals surface area contributed by atoms with Gasteiger partial charge in [-0.05, 0) is 6.42 Å². The SMILES string of the molecule is NCCN(CC(=O)CCCN(CC(N)=O)C(=O)CC(=O)O)C(=O)CCN=C(N)N. The molecular weight excluding hydrogens is 386 g/mol. The molecule has 29 heavy (non-hydrogen) atoms. The quantitative estimate of drug-likeness (QED) is 0.102. The number of amides is 3. The van der Waals surface area contributed by atoms with Crippen LogP contribution in [0.4, 0.5) is 0 Å². The molecule has 0 spiro atoms. The highest BCUT2D eigenvalue weighted by Gasteiger charge is 2.20. The monoisotopic (exact) mass is 415 g/mol. The maximum Gasteiger partial charge on any atom is 0.312 e. The van der Waals surface area contributed by atoms with Crippen LogP contribution in [-0.4, -0.2) is 89.6 Å². The molecule has 0 bridgehead atoms. The minimum atomic E-state index is -1.34. The molecule has 0 heterocycles. The highest BCUT2D eigenvalue weighted by atomic mass is 16.4. The molecule has 0 unspecified atom stereocenters. The van der Waals surface area contributed by atoms with Crippen molar-refractivity contribution in [1.29, 1.82) is 0 Å². The van der Waals surface area contributed by atoms with Gasteiger partial charge in [-0.1, -0.05) is 0 Å². The summed E-state index contributed by atoms with van der Waals surface area (Å²) in [6.07, 6.45) is -0.578. The fourth-order valence-corrected chi connectivity index (χ4v) is 2.37. The first-order chi connectivity index (χ1) is 13.6. The van der Waals surface area contributed by atoms with Gasteiger partial charge in [0.05, 0.1) is 19.6 Å². The molecule has 0 rings (SSSR count). The second-order valence-electron chi connectivity index (χ2n) is 6.15. The Morgan fingerprint density at radius 3 is 2.00 bits per heavy atom. The third kappa shape index (κ3) is 12.7. The molecule has 0 aromatic rings. The highest BCUT2D eigenvalue weighted by molar-refractivity contribution is 5.95. The molecule has 13 nitrogen and oxygen atoms in total. The van der Waals surface area contributed by atoms with Crippen molar-refractivity contribution >= 4 is 35.4 Å². The third-order valence-electron chi connectivity index (χ3n) is 3.62. The van der Waals surface area contributed by atoms with Crippen LogP contribution in [0.1, 0.15) is 25.7 Å². The number of nitrogens with two attached hydrogens (primary N) is 4. The minimum Gasteiger partial charge on any atom is -0.481 e. The maximum absolute atomic E-state index is 12.2. The van der Waals surface area contributed by atoms with Crippen molar-refractivity contribution in [2.45, 2.75) is 25.7 Å². The predicted molar refractivity (Wildman–Crippen MR) is 103 cm³/mol. The van der Waals surface area contributed by atoms with Gasteiger partial charge in [0.25, 0.3) is 0 Å². The summed E-state index contributed by atoms with van der Waals surface area (Å²) in [5, 5.41) is 8.69. The molecule has 0 saturated heterocycles. The van der Waals surface area contributed by atoms with E-state index in [0.717, 1.165) is 4.90 Å². The summed E-state index contributed by atoms with van der Waals surface area (Å²) in [6, 6.07) is 0. The molecule has 164 valence electrons. The summed E-state index contributed by atoms with van der Waals surface area (Å²) < 4.78 is 0. The van der Waals surface area contributed by atoms with Crippen molar-refractivity contribution in [3.8, 4) is 0 Å². The van der Waals surface area contributed by atoms with Crippen LogP contribution >= 0.6 is 0 Å². The van der Waals surface area contributed by atoms with E-state index in [1.165, 1.54) is 4.90 Å². The average Bonchev–Trinajstić information content (AvgIpc) is 2.59. The number of Topliss-reactive ketones (excluding diaryl/α,β-unsaturated/α-hetero) is 1. The maximum atomic E-state index is 12.2. The molecule has 0 aromatic carbocycles. The molecule has 0 atom stereocenters. The first-order valence-corrected chi connectivity index (χ1v) is 8.89. The van der Waals surface area contributed by atoms with E-state index in [1.807, 2.05) is 0 Å². The summed E-state index contributed by atoms with van der Waals surface area (Å²) in [5.74, 6) is -3.66. The molecule has 0 aliphatic rings. The Balaban J connectivity index is 4.63. The lowest BCUT2D eigenvalue weighted by Crippen LogP contribution is -2.41. The van der Waals surface area contributed by atoms with Crippen molar-refractivity contribution in [2.24, 2.45) is 27.9 Å². The number of aliphatic imine (C=N–C) groups is 1. The Kier molecular flexibility index (Phi) is 12.3. The molecule has 0 aliphatic heterocycles. The number of nitrogens with zero attached hydrogens (tertiary/aromatic N) is 3. The van der Waals surface area contributed by atoms with Crippen molar-refractivity contribution in [2.75, 3.05) is 39.3 Å². The number of carboxylic acids is 1. The number of hydrogen-bond acceptors (Lipinski definition) is 7. The number of rotatable bonds is 15. The van der Waals surface area contributed by atoms with Gasteiger partial charge >= 0.3 is 5.97 Å². The van der Waals surface area contributed by atoms with Gasteiger partial charge in [0, 0.05) is 32.5 Å². The smallest absolute Gasteiger partial charge is 0.312 e. The number of primary amides is 1. The molecule has 0 aliphatic carbocycles. The fraction of sp³-hybridized carbons (Fsp3) is 0.625. The number of aliphatic carboxylic acids is 1. The standard InChI is InChI=1S/C16H29N7O6/c17-4-7-23(13(26)3-5-21-16(19)20)9-11(24)2-1-6-22(10-12(18)25)14(27)8-15(28)29/h1-10,17H2,(H2,18,25)(H,28,29)(H4,19,20,21). The molecule has 3 amide bonds. The van der Waals surface area contributed by atoms with Crippen LogP contribution in [-0.2, 0) is 24.0 Å². The van der Waals surface area contributed by atoms with Crippen LogP contribution in [0.3, 0.4) is 0 Å². The zero-order valence-corrected chi connectivity index (χ0v) is 16.2. The summed E-state index contributed by atoms with van der Waals surface area (Å²) >= 11 is 0. The van der Waals surface area contributed by atoms with Gasteiger partial charge < -0.3 is 37.8 Å². The second kappa shape index (κ2) is 13.9. The van der Waals surface area contributed by atoms with Gasteiger partial charge in [-0.25, -0.2) is 0 Å². The van der Waals surface area contributed by atoms with Crippen LogP contribution in [0, 0.1) is 0 Å². The lowest BCUT2D eigenvalue weighted by atomic mass is 10.2. The average molecular weight is 415 g/mol. The molecule has 9 N–H and O–H groups in total. The number of carbonyl (C=O) groups excluding carboxylic acids is 4. The number of hydrogen-bond donors (Lipinski definition) is 5. The van der Waals surface area contributed by atoms with E-state index in [1.54, 1.807) is 0 Å². The number of guanidine groups is 1. The summed E-state index contributed by atoms with van der Waals surface area (Å²) in [4.78, 5) is 63.8. The molecular formula is C16H29N7O6. The van der Waals surface area contributed by atoms with Gasteiger partial charge in [-0.3, -0.25) is 29.0 Å². The van der Waals surface area contributed by atoms with E-state index in [4.69, 9.17) is 28.0 Å². The van der Waals surface area contributed by atoms with Gasteiger partial charge in [0.15, 0.2) is 11.7 Å². The zero-order valence-electron chi connectivity index (χ0n) is 16.2. The number of carbonyl (C=O) groups is 5. The molecule has 0 fully saturated rings. The topological polar surface area (TPSA) is 228 Å².